The Morgan fingerprint density at radius 2 is 1.73 bits per heavy atom. The summed E-state index contributed by atoms with van der Waals surface area (Å²) in [5.41, 5.74) is 0.932. The van der Waals surface area contributed by atoms with Gasteiger partial charge in [0.1, 0.15) is 13.2 Å². The Morgan fingerprint density at radius 1 is 1.04 bits per heavy atom. The number of halogens is 6. The van der Waals surface area contributed by atoms with Crippen molar-refractivity contribution < 1.29 is 35.7 Å². The maximum absolute atomic E-state index is 12.4. The minimum Gasteiger partial charge on any atom is -0.388 e. The van der Waals surface area contributed by atoms with E-state index in [4.69, 9.17) is 4.84 Å². The molecule has 1 aliphatic heterocycles. The number of aliphatic imine (C=N–C) groups is 1. The lowest BCUT2D eigenvalue weighted by Crippen LogP contribution is -2.32. The number of alkyl halides is 6. The lowest BCUT2D eigenvalue weighted by atomic mass is 10.1. The summed E-state index contributed by atoms with van der Waals surface area (Å²) >= 11 is 0. The summed E-state index contributed by atoms with van der Waals surface area (Å²) < 4.78 is 78.3. The molecule has 0 bridgehead atoms. The van der Waals surface area contributed by atoms with Crippen LogP contribution in [0.15, 0.2) is 33.8 Å². The third-order valence-electron chi connectivity index (χ3n) is 3.23. The lowest BCUT2D eigenvalue weighted by molar-refractivity contribution is -0.193. The summed E-state index contributed by atoms with van der Waals surface area (Å²) in [7, 11) is 0. The minimum absolute atomic E-state index is 0.112. The fourth-order valence-corrected chi connectivity index (χ4v) is 2.14. The molecule has 0 saturated heterocycles. The molecule has 0 radical (unpaired) electrons. The summed E-state index contributed by atoms with van der Waals surface area (Å²) in [6, 6.07) is 6.03. The summed E-state index contributed by atoms with van der Waals surface area (Å²) in [4.78, 5) is 12.1. The zero-order valence-electron chi connectivity index (χ0n) is 12.8. The molecule has 0 atom stereocenters. The van der Waals surface area contributed by atoms with E-state index in [1.807, 2.05) is 0 Å². The number of nitrogens with zero attached hydrogens (tertiary/aromatic N) is 4. The van der Waals surface area contributed by atoms with Gasteiger partial charge in [-0.2, -0.15) is 31.3 Å². The van der Waals surface area contributed by atoms with Gasteiger partial charge in [-0.3, -0.25) is 0 Å². The van der Waals surface area contributed by atoms with Gasteiger partial charge < -0.3 is 9.36 Å². The highest BCUT2D eigenvalue weighted by atomic mass is 19.4. The molecule has 3 rings (SSSR count). The molecule has 140 valence electrons. The van der Waals surface area contributed by atoms with E-state index in [-0.39, 0.29) is 24.8 Å². The average Bonchev–Trinajstić information content (AvgIpc) is 3.16. The van der Waals surface area contributed by atoms with Crippen molar-refractivity contribution in [2.75, 3.05) is 13.2 Å². The molecule has 0 spiro atoms. The molecule has 6 nitrogen and oxygen atoms in total. The van der Waals surface area contributed by atoms with Crippen LogP contribution in [0.25, 0.3) is 11.4 Å². The number of hydroxylamine groups is 2. The third kappa shape index (κ3) is 4.50. The van der Waals surface area contributed by atoms with Crippen LogP contribution in [0.1, 0.15) is 11.5 Å². The minimum atomic E-state index is -4.73. The molecule has 1 aromatic carbocycles. The van der Waals surface area contributed by atoms with E-state index in [1.54, 1.807) is 12.1 Å². The quantitative estimate of drug-likeness (QED) is 0.761. The average molecular weight is 380 g/mol. The van der Waals surface area contributed by atoms with Gasteiger partial charge in [-0.05, 0) is 5.56 Å². The number of benzene rings is 1. The Hall–Kier alpha value is -2.63. The Kier molecular flexibility index (Phi) is 4.61. The standard InChI is InChI=1S/C14H10F6N4O2/c15-13(16,17)6-24-7-21-10(26-24)5-8-1-3-9(4-2-8)11-22-12(25-23-11)14(18,19)20/h1-4H,5-7H2. The molecular weight excluding hydrogens is 370 g/mol. The molecule has 0 amide bonds. The van der Waals surface area contributed by atoms with Crippen LogP contribution in [0.4, 0.5) is 26.3 Å². The molecule has 0 fully saturated rings. The molecule has 0 saturated carbocycles. The van der Waals surface area contributed by atoms with Crippen LogP contribution in [-0.4, -0.2) is 40.5 Å². The Morgan fingerprint density at radius 3 is 2.31 bits per heavy atom. The molecule has 0 aliphatic carbocycles. The summed E-state index contributed by atoms with van der Waals surface area (Å²) in [6.45, 7) is -1.46. The van der Waals surface area contributed by atoms with Gasteiger partial charge in [-0.15, -0.1) is 5.06 Å². The van der Waals surface area contributed by atoms with Gasteiger partial charge in [0, 0.05) is 5.56 Å². The fraction of sp³-hybridized carbons (Fsp3) is 0.357. The van der Waals surface area contributed by atoms with Crippen molar-refractivity contribution in [1.29, 1.82) is 0 Å². The highest BCUT2D eigenvalue weighted by molar-refractivity contribution is 5.79. The van der Waals surface area contributed by atoms with Crippen LogP contribution < -0.4 is 0 Å². The van der Waals surface area contributed by atoms with Gasteiger partial charge in [-0.1, -0.05) is 29.4 Å². The van der Waals surface area contributed by atoms with Gasteiger partial charge >= 0.3 is 18.2 Å². The highest BCUT2D eigenvalue weighted by Crippen LogP contribution is 2.29. The monoisotopic (exact) mass is 380 g/mol. The van der Waals surface area contributed by atoms with Crippen LogP contribution in [0.3, 0.4) is 0 Å². The number of aromatic nitrogens is 2. The number of hydrogen-bond acceptors (Lipinski definition) is 6. The zero-order chi connectivity index (χ0) is 18.9. The summed E-state index contributed by atoms with van der Waals surface area (Å²) in [5.74, 6) is -1.56. The van der Waals surface area contributed by atoms with Gasteiger partial charge in [0.25, 0.3) is 0 Å². The lowest BCUT2D eigenvalue weighted by Gasteiger charge is -2.16. The first kappa shape index (κ1) is 18.2. The first-order valence-electron chi connectivity index (χ1n) is 7.13. The van der Waals surface area contributed by atoms with Crippen molar-refractivity contribution in [2.24, 2.45) is 4.99 Å². The first-order chi connectivity index (χ1) is 12.1. The second-order valence-corrected chi connectivity index (χ2v) is 5.33. The molecule has 12 heteroatoms. The van der Waals surface area contributed by atoms with Crippen molar-refractivity contribution >= 4 is 5.90 Å². The van der Waals surface area contributed by atoms with Crippen molar-refractivity contribution in [3.8, 4) is 11.4 Å². The number of rotatable bonds is 4. The fourth-order valence-electron chi connectivity index (χ4n) is 2.14. The Balaban J connectivity index is 1.61. The van der Waals surface area contributed by atoms with Gasteiger partial charge in [-0.25, -0.2) is 4.99 Å². The van der Waals surface area contributed by atoms with Crippen molar-refractivity contribution in [1.82, 2.24) is 15.2 Å². The van der Waals surface area contributed by atoms with Crippen LogP contribution >= 0.6 is 0 Å². The Bertz CT molecular complexity index is 797. The number of hydrogen-bond donors (Lipinski definition) is 0. The predicted molar refractivity (Wildman–Crippen MR) is 74.6 cm³/mol. The Labute approximate surface area is 142 Å². The van der Waals surface area contributed by atoms with Crippen molar-refractivity contribution in [3.63, 3.8) is 0 Å². The van der Waals surface area contributed by atoms with E-state index in [1.165, 1.54) is 12.1 Å². The molecule has 26 heavy (non-hydrogen) atoms. The maximum Gasteiger partial charge on any atom is 0.471 e. The van der Waals surface area contributed by atoms with E-state index in [0.29, 0.717) is 16.2 Å². The highest BCUT2D eigenvalue weighted by Gasteiger charge is 2.38. The van der Waals surface area contributed by atoms with E-state index >= 15 is 0 Å². The summed E-state index contributed by atoms with van der Waals surface area (Å²) in [5, 5.41) is 3.94. The molecular formula is C14H10F6N4O2. The SMILES string of the molecule is FC(F)(F)CN1CN=C(Cc2ccc(-c3noc(C(F)(F)F)n3)cc2)O1. The van der Waals surface area contributed by atoms with Gasteiger partial charge in [0.05, 0.1) is 6.42 Å². The molecule has 0 N–H and O–H groups in total. The molecule has 1 aromatic heterocycles. The van der Waals surface area contributed by atoms with E-state index in [0.717, 1.165) is 0 Å². The van der Waals surface area contributed by atoms with Crippen LogP contribution in [0.5, 0.6) is 0 Å². The topological polar surface area (TPSA) is 63.8 Å². The van der Waals surface area contributed by atoms with Crippen molar-refractivity contribution in [2.45, 2.75) is 18.8 Å². The van der Waals surface area contributed by atoms with E-state index < -0.39 is 24.8 Å². The van der Waals surface area contributed by atoms with Crippen LogP contribution in [0.2, 0.25) is 0 Å². The first-order valence-corrected chi connectivity index (χ1v) is 7.13. The molecule has 2 heterocycles. The van der Waals surface area contributed by atoms with Gasteiger partial charge in [0.2, 0.25) is 11.7 Å². The zero-order valence-corrected chi connectivity index (χ0v) is 12.8. The molecule has 2 aromatic rings. The predicted octanol–water partition coefficient (Wildman–Crippen LogP) is 3.46. The van der Waals surface area contributed by atoms with Crippen LogP contribution in [-0.2, 0) is 17.4 Å². The van der Waals surface area contributed by atoms with E-state index in [2.05, 4.69) is 19.7 Å². The van der Waals surface area contributed by atoms with Crippen molar-refractivity contribution in [3.05, 3.63) is 35.7 Å². The molecule has 1 aliphatic rings. The molecule has 0 unspecified atom stereocenters. The largest absolute Gasteiger partial charge is 0.471 e. The second kappa shape index (κ2) is 6.59. The van der Waals surface area contributed by atoms with E-state index in [9.17, 15) is 26.3 Å². The summed E-state index contributed by atoms with van der Waals surface area (Å²) in [6.07, 6.45) is -8.99. The normalized spacial score (nSPS) is 15.8. The van der Waals surface area contributed by atoms with Gasteiger partial charge in [0.15, 0.2) is 0 Å². The second-order valence-electron chi connectivity index (χ2n) is 5.33. The smallest absolute Gasteiger partial charge is 0.388 e. The van der Waals surface area contributed by atoms with Crippen LogP contribution in [0, 0.1) is 0 Å². The third-order valence-corrected chi connectivity index (χ3v) is 3.23. The maximum atomic E-state index is 12.4.